The van der Waals surface area contributed by atoms with Crippen molar-refractivity contribution in [3.05, 3.63) is 12.0 Å². The van der Waals surface area contributed by atoms with E-state index in [1.807, 2.05) is 6.20 Å². The molecule has 1 aromatic rings. The van der Waals surface area contributed by atoms with Gasteiger partial charge in [-0.15, -0.1) is 0 Å². The second-order valence-corrected chi connectivity index (χ2v) is 3.71. The van der Waals surface area contributed by atoms with E-state index in [2.05, 4.69) is 16.5 Å². The summed E-state index contributed by atoms with van der Waals surface area (Å²) in [6.45, 7) is 3.78. The van der Waals surface area contributed by atoms with E-state index in [4.69, 9.17) is 10.5 Å². The fourth-order valence-electron chi connectivity index (χ4n) is 1.97. The molecule has 0 radical (unpaired) electrons. The number of nitrogens with two attached hydrogens (primary N) is 1. The zero-order chi connectivity index (χ0) is 9.97. The van der Waals surface area contributed by atoms with Gasteiger partial charge in [-0.25, -0.2) is 4.98 Å². The van der Waals surface area contributed by atoms with Crippen LogP contribution in [-0.2, 0) is 11.2 Å². The fourth-order valence-corrected chi connectivity index (χ4v) is 1.97. The number of ether oxygens (including phenoxy) is 1. The van der Waals surface area contributed by atoms with E-state index in [-0.39, 0.29) is 0 Å². The first-order chi connectivity index (χ1) is 6.81. The molecule has 4 heteroatoms. The van der Waals surface area contributed by atoms with Crippen molar-refractivity contribution in [1.29, 1.82) is 0 Å². The van der Waals surface area contributed by atoms with Crippen LogP contribution in [0.4, 0.5) is 5.82 Å². The summed E-state index contributed by atoms with van der Waals surface area (Å²) in [6, 6.07) is 0.434. The molecule has 1 atom stereocenters. The van der Waals surface area contributed by atoms with Crippen molar-refractivity contribution >= 4 is 5.82 Å². The maximum Gasteiger partial charge on any atom is 0.141 e. The lowest BCUT2D eigenvalue weighted by atomic mass is 10.1. The minimum absolute atomic E-state index is 0.434. The van der Waals surface area contributed by atoms with Gasteiger partial charge in [-0.3, -0.25) is 0 Å². The number of nitrogen functional groups attached to an aromatic ring is 1. The number of anilines is 1. The van der Waals surface area contributed by atoms with Gasteiger partial charge >= 0.3 is 0 Å². The highest BCUT2D eigenvalue weighted by Gasteiger charge is 2.18. The molecule has 0 aromatic carbocycles. The first kappa shape index (κ1) is 9.52. The molecule has 14 heavy (non-hydrogen) atoms. The summed E-state index contributed by atoms with van der Waals surface area (Å²) in [4.78, 5) is 4.29. The minimum atomic E-state index is 0.434. The maximum absolute atomic E-state index is 5.69. The van der Waals surface area contributed by atoms with Crippen molar-refractivity contribution in [2.75, 3.05) is 18.9 Å². The number of hydrogen-bond acceptors (Lipinski definition) is 3. The van der Waals surface area contributed by atoms with E-state index in [9.17, 15) is 0 Å². The molecule has 1 saturated heterocycles. The summed E-state index contributed by atoms with van der Waals surface area (Å²) in [5, 5.41) is 0. The van der Waals surface area contributed by atoms with E-state index >= 15 is 0 Å². The van der Waals surface area contributed by atoms with Gasteiger partial charge in [0.05, 0.1) is 12.6 Å². The van der Waals surface area contributed by atoms with E-state index in [0.29, 0.717) is 11.9 Å². The molecule has 2 heterocycles. The Hall–Kier alpha value is -1.03. The summed E-state index contributed by atoms with van der Waals surface area (Å²) in [7, 11) is 0. The smallest absolute Gasteiger partial charge is 0.141 e. The molecule has 1 aliphatic heterocycles. The van der Waals surface area contributed by atoms with Crippen molar-refractivity contribution < 1.29 is 4.74 Å². The molecule has 1 aromatic heterocycles. The Morgan fingerprint density at radius 2 is 2.57 bits per heavy atom. The molecule has 4 nitrogen and oxygen atoms in total. The van der Waals surface area contributed by atoms with E-state index in [0.717, 1.165) is 31.9 Å². The van der Waals surface area contributed by atoms with Crippen LogP contribution in [0.3, 0.4) is 0 Å². The molecule has 0 saturated carbocycles. The van der Waals surface area contributed by atoms with Crippen molar-refractivity contribution in [1.82, 2.24) is 9.55 Å². The van der Waals surface area contributed by atoms with Gasteiger partial charge in [0.25, 0.3) is 0 Å². The fraction of sp³-hybridized carbons (Fsp3) is 0.700. The van der Waals surface area contributed by atoms with Crippen LogP contribution in [0.25, 0.3) is 0 Å². The molecule has 1 fully saturated rings. The van der Waals surface area contributed by atoms with Crippen molar-refractivity contribution in [2.45, 2.75) is 32.2 Å². The van der Waals surface area contributed by atoms with Crippen LogP contribution in [0, 0.1) is 0 Å². The van der Waals surface area contributed by atoms with Crippen molar-refractivity contribution in [3.63, 3.8) is 0 Å². The summed E-state index contributed by atoms with van der Waals surface area (Å²) in [5.41, 5.74) is 5.69. The first-order valence-electron chi connectivity index (χ1n) is 5.22. The Morgan fingerprint density at radius 1 is 1.71 bits per heavy atom. The number of hydrogen-bond donors (Lipinski definition) is 1. The standard InChI is InChI=1S/C10H17N3O/c1-2-10-12-9(11)6-13(10)8-4-3-5-14-7-8/h6,8H,2-5,7,11H2,1H3. The summed E-state index contributed by atoms with van der Waals surface area (Å²) in [6.07, 6.45) is 5.15. The lowest BCUT2D eigenvalue weighted by Gasteiger charge is -2.24. The molecule has 0 aliphatic carbocycles. The molecule has 0 bridgehead atoms. The van der Waals surface area contributed by atoms with Crippen molar-refractivity contribution in [2.24, 2.45) is 0 Å². The monoisotopic (exact) mass is 195 g/mol. The lowest BCUT2D eigenvalue weighted by molar-refractivity contribution is 0.0582. The summed E-state index contributed by atoms with van der Waals surface area (Å²) >= 11 is 0. The number of imidazole rings is 1. The van der Waals surface area contributed by atoms with Gasteiger partial charge < -0.3 is 15.0 Å². The SMILES string of the molecule is CCc1nc(N)cn1C1CCCOC1. The molecule has 78 valence electrons. The van der Waals surface area contributed by atoms with Gasteiger partial charge in [-0.05, 0) is 12.8 Å². The zero-order valence-electron chi connectivity index (χ0n) is 8.57. The third kappa shape index (κ3) is 1.75. The first-order valence-corrected chi connectivity index (χ1v) is 5.22. The average Bonchev–Trinajstić information content (AvgIpc) is 2.61. The molecule has 1 unspecified atom stereocenters. The second-order valence-electron chi connectivity index (χ2n) is 3.71. The molecule has 0 amide bonds. The van der Waals surface area contributed by atoms with Gasteiger partial charge in [0.2, 0.25) is 0 Å². The van der Waals surface area contributed by atoms with Crippen LogP contribution >= 0.6 is 0 Å². The Labute approximate surface area is 84.1 Å². The highest BCUT2D eigenvalue weighted by Crippen LogP contribution is 2.22. The van der Waals surface area contributed by atoms with Crippen LogP contribution < -0.4 is 5.73 Å². The number of nitrogens with zero attached hydrogens (tertiary/aromatic N) is 2. The third-order valence-corrected chi connectivity index (χ3v) is 2.67. The largest absolute Gasteiger partial charge is 0.382 e. The highest BCUT2D eigenvalue weighted by molar-refractivity contribution is 5.26. The van der Waals surface area contributed by atoms with E-state index < -0.39 is 0 Å². The predicted molar refractivity (Wildman–Crippen MR) is 55.1 cm³/mol. The van der Waals surface area contributed by atoms with Crippen LogP contribution in [-0.4, -0.2) is 22.8 Å². The lowest BCUT2D eigenvalue weighted by Crippen LogP contribution is -2.22. The quantitative estimate of drug-likeness (QED) is 0.775. The van der Waals surface area contributed by atoms with E-state index in [1.165, 1.54) is 6.42 Å². The van der Waals surface area contributed by atoms with Crippen LogP contribution in [0.15, 0.2) is 6.20 Å². The number of aryl methyl sites for hydroxylation is 1. The predicted octanol–water partition coefficient (Wildman–Crippen LogP) is 1.38. The molecule has 1 aliphatic rings. The van der Waals surface area contributed by atoms with Crippen LogP contribution in [0.1, 0.15) is 31.6 Å². The molecule has 2 N–H and O–H groups in total. The van der Waals surface area contributed by atoms with Crippen LogP contribution in [0.2, 0.25) is 0 Å². The third-order valence-electron chi connectivity index (χ3n) is 2.67. The number of aromatic nitrogens is 2. The normalized spacial score (nSPS) is 22.5. The van der Waals surface area contributed by atoms with E-state index in [1.54, 1.807) is 0 Å². The summed E-state index contributed by atoms with van der Waals surface area (Å²) in [5.74, 6) is 1.69. The maximum atomic E-state index is 5.69. The van der Waals surface area contributed by atoms with Crippen LogP contribution in [0.5, 0.6) is 0 Å². The molecule has 0 spiro atoms. The number of rotatable bonds is 2. The summed E-state index contributed by atoms with van der Waals surface area (Å²) < 4.78 is 7.63. The van der Waals surface area contributed by atoms with Crippen molar-refractivity contribution in [3.8, 4) is 0 Å². The minimum Gasteiger partial charge on any atom is -0.382 e. The van der Waals surface area contributed by atoms with Gasteiger partial charge in [0, 0.05) is 19.2 Å². The highest BCUT2D eigenvalue weighted by atomic mass is 16.5. The Kier molecular flexibility index (Phi) is 2.72. The Morgan fingerprint density at radius 3 is 3.21 bits per heavy atom. The molecule has 2 rings (SSSR count). The zero-order valence-corrected chi connectivity index (χ0v) is 8.57. The van der Waals surface area contributed by atoms with Gasteiger partial charge in [-0.1, -0.05) is 6.92 Å². The molecular formula is C10H17N3O. The average molecular weight is 195 g/mol. The van der Waals surface area contributed by atoms with Gasteiger partial charge in [-0.2, -0.15) is 0 Å². The molecular weight excluding hydrogens is 178 g/mol. The Bertz CT molecular complexity index is 302. The van der Waals surface area contributed by atoms with Gasteiger partial charge in [0.1, 0.15) is 11.6 Å². The second kappa shape index (κ2) is 4.00. The topological polar surface area (TPSA) is 53.1 Å². The van der Waals surface area contributed by atoms with Gasteiger partial charge in [0.15, 0.2) is 0 Å². The Balaban J connectivity index is 2.20.